The summed E-state index contributed by atoms with van der Waals surface area (Å²) in [5.74, 6) is -2.54. The molecule has 2 N–H and O–H groups in total. The van der Waals surface area contributed by atoms with Gasteiger partial charge < -0.3 is 10.2 Å². The molecule has 0 aromatic rings. The molecule has 0 radical (unpaired) electrons. The Hall–Kier alpha value is -0.500. The second kappa shape index (κ2) is 7.86. The van der Waals surface area contributed by atoms with E-state index in [4.69, 9.17) is 10.2 Å². The summed E-state index contributed by atoms with van der Waals surface area (Å²) in [4.78, 5) is 0. The van der Waals surface area contributed by atoms with Gasteiger partial charge in [0.2, 0.25) is 0 Å². The van der Waals surface area contributed by atoms with Crippen LogP contribution in [0.4, 0.5) is 26.3 Å². The fourth-order valence-electron chi connectivity index (χ4n) is 2.92. The topological polar surface area (TPSA) is 40.5 Å². The van der Waals surface area contributed by atoms with E-state index in [9.17, 15) is 26.3 Å². The molecule has 0 spiro atoms. The summed E-state index contributed by atoms with van der Waals surface area (Å²) < 4.78 is 72.0. The van der Waals surface area contributed by atoms with Gasteiger partial charge in [0, 0.05) is 0 Å². The molecule has 0 aromatic heterocycles. The van der Waals surface area contributed by atoms with Crippen LogP contribution in [0.25, 0.3) is 0 Å². The van der Waals surface area contributed by atoms with Crippen LogP contribution in [0.3, 0.4) is 0 Å². The van der Waals surface area contributed by atoms with Gasteiger partial charge in [0.1, 0.15) is 0 Å². The van der Waals surface area contributed by atoms with Gasteiger partial charge in [-0.05, 0) is 38.5 Å². The van der Waals surface area contributed by atoms with E-state index in [0.717, 1.165) is 0 Å². The predicted octanol–water partition coefficient (Wildman–Crippen LogP) is 4.20. The summed E-state index contributed by atoms with van der Waals surface area (Å²) in [5, 5.41) is 17.9. The second-order valence-corrected chi connectivity index (χ2v) is 6.12. The van der Waals surface area contributed by atoms with Crippen molar-refractivity contribution in [2.24, 2.45) is 11.8 Å². The molecular formula is C14H22F6O2. The van der Waals surface area contributed by atoms with E-state index in [1.54, 1.807) is 0 Å². The molecule has 22 heavy (non-hydrogen) atoms. The fourth-order valence-corrected chi connectivity index (χ4v) is 2.92. The monoisotopic (exact) mass is 336 g/mol. The predicted molar refractivity (Wildman–Crippen MR) is 68.0 cm³/mol. The third-order valence-corrected chi connectivity index (χ3v) is 4.22. The zero-order chi connectivity index (χ0) is 17.0. The van der Waals surface area contributed by atoms with Crippen LogP contribution >= 0.6 is 0 Å². The first-order valence-electron chi connectivity index (χ1n) is 7.49. The molecule has 0 aromatic carbocycles. The maximum absolute atomic E-state index is 12.0. The summed E-state index contributed by atoms with van der Waals surface area (Å²) in [6, 6.07) is 0. The van der Waals surface area contributed by atoms with Crippen LogP contribution in [-0.2, 0) is 0 Å². The molecule has 8 heteroatoms. The van der Waals surface area contributed by atoms with Gasteiger partial charge in [-0.3, -0.25) is 0 Å². The Morgan fingerprint density at radius 1 is 0.591 bits per heavy atom. The lowest BCUT2D eigenvalue weighted by Crippen LogP contribution is -2.30. The summed E-state index contributed by atoms with van der Waals surface area (Å²) in [5.41, 5.74) is 0. The van der Waals surface area contributed by atoms with Gasteiger partial charge in [-0.2, -0.15) is 26.3 Å². The highest BCUT2D eigenvalue weighted by atomic mass is 19.4. The van der Waals surface area contributed by atoms with Crippen molar-refractivity contribution < 1.29 is 36.6 Å². The molecule has 0 heterocycles. The van der Waals surface area contributed by atoms with E-state index in [1.807, 2.05) is 0 Å². The van der Waals surface area contributed by atoms with Crippen LogP contribution in [-0.4, -0.2) is 34.8 Å². The average molecular weight is 336 g/mol. The van der Waals surface area contributed by atoms with Crippen LogP contribution < -0.4 is 0 Å². The first kappa shape index (κ1) is 19.5. The zero-order valence-electron chi connectivity index (χ0n) is 12.1. The molecule has 0 amide bonds. The van der Waals surface area contributed by atoms with Gasteiger partial charge >= 0.3 is 12.4 Å². The molecule has 4 atom stereocenters. The molecular weight excluding hydrogens is 314 g/mol. The van der Waals surface area contributed by atoms with E-state index in [1.165, 1.54) is 0 Å². The lowest BCUT2D eigenvalue weighted by molar-refractivity contribution is -0.189. The normalized spacial score (nSPS) is 33.8. The van der Waals surface area contributed by atoms with Crippen LogP contribution in [0.2, 0.25) is 0 Å². The van der Waals surface area contributed by atoms with Crippen molar-refractivity contribution in [1.82, 2.24) is 0 Å². The van der Waals surface area contributed by atoms with Crippen LogP contribution in [0.1, 0.15) is 51.4 Å². The summed E-state index contributed by atoms with van der Waals surface area (Å²) >= 11 is 0. The molecule has 0 saturated heterocycles. The van der Waals surface area contributed by atoms with E-state index >= 15 is 0 Å². The second-order valence-electron chi connectivity index (χ2n) is 6.12. The molecule has 2 aliphatic carbocycles. The van der Waals surface area contributed by atoms with E-state index in [-0.39, 0.29) is 25.7 Å². The van der Waals surface area contributed by atoms with Crippen molar-refractivity contribution in [1.29, 1.82) is 0 Å². The Labute approximate surface area is 125 Å². The zero-order valence-corrected chi connectivity index (χ0v) is 12.1. The molecule has 0 aliphatic heterocycles. The quantitative estimate of drug-likeness (QED) is 0.651. The minimum atomic E-state index is -4.11. The van der Waals surface area contributed by atoms with Crippen LogP contribution in [0, 0.1) is 11.8 Å². The van der Waals surface area contributed by atoms with Gasteiger partial charge in [0.05, 0.1) is 24.0 Å². The number of halogens is 6. The van der Waals surface area contributed by atoms with E-state index < -0.39 is 36.4 Å². The van der Waals surface area contributed by atoms with Crippen molar-refractivity contribution in [3.8, 4) is 0 Å². The molecule has 0 unspecified atom stereocenters. The van der Waals surface area contributed by atoms with Crippen molar-refractivity contribution in [3.05, 3.63) is 0 Å². The Bertz CT molecular complexity index is 296. The average Bonchev–Trinajstić information content (AvgIpc) is 2.37. The lowest BCUT2D eigenvalue weighted by atomic mass is 9.87. The third kappa shape index (κ3) is 6.73. The number of hydrogen-bond donors (Lipinski definition) is 2. The summed E-state index contributed by atoms with van der Waals surface area (Å²) in [6.07, 6.45) is -7.53. The highest BCUT2D eigenvalue weighted by Gasteiger charge is 2.42. The van der Waals surface area contributed by atoms with Crippen molar-refractivity contribution in [2.75, 3.05) is 0 Å². The molecule has 0 bridgehead atoms. The number of hydrogen-bond acceptors (Lipinski definition) is 2. The first-order chi connectivity index (χ1) is 10.00. The smallest absolute Gasteiger partial charge is 0.391 e. The number of alkyl halides is 6. The van der Waals surface area contributed by atoms with Gasteiger partial charge in [-0.15, -0.1) is 0 Å². The largest absolute Gasteiger partial charge is 0.393 e. The number of aliphatic hydroxyl groups excluding tert-OH is 2. The van der Waals surface area contributed by atoms with Gasteiger partial charge in [0.15, 0.2) is 0 Å². The SMILES string of the molecule is O[C@@H]1CCC[C@@H](C(F)(F)F)C1.O[C@H]1CCC[C@H](C(F)(F)F)C1. The van der Waals surface area contributed by atoms with Crippen LogP contribution in [0.5, 0.6) is 0 Å². The maximum Gasteiger partial charge on any atom is 0.391 e. The van der Waals surface area contributed by atoms with Crippen molar-refractivity contribution in [2.45, 2.75) is 75.9 Å². The van der Waals surface area contributed by atoms with E-state index in [0.29, 0.717) is 25.7 Å². The highest BCUT2D eigenvalue weighted by Crippen LogP contribution is 2.38. The molecule has 2 fully saturated rings. The molecule has 2 rings (SSSR count). The van der Waals surface area contributed by atoms with Crippen molar-refractivity contribution in [3.63, 3.8) is 0 Å². The minimum Gasteiger partial charge on any atom is -0.393 e. The van der Waals surface area contributed by atoms with Gasteiger partial charge in [-0.25, -0.2) is 0 Å². The number of rotatable bonds is 0. The molecule has 2 nitrogen and oxygen atoms in total. The highest BCUT2D eigenvalue weighted by molar-refractivity contribution is 4.77. The summed E-state index contributed by atoms with van der Waals surface area (Å²) in [6.45, 7) is 0. The standard InChI is InChI=1S/2C7H11F3O/c2*8-7(9,10)5-2-1-3-6(11)4-5/h2*5-6,11H,1-4H2/t2*5-,6-/m10/s1. The Morgan fingerprint density at radius 2 is 0.909 bits per heavy atom. The molecule has 2 saturated carbocycles. The van der Waals surface area contributed by atoms with Gasteiger partial charge in [0.25, 0.3) is 0 Å². The molecule has 2 aliphatic rings. The van der Waals surface area contributed by atoms with Gasteiger partial charge in [-0.1, -0.05) is 12.8 Å². The Kier molecular flexibility index (Phi) is 6.98. The Morgan fingerprint density at radius 3 is 1.09 bits per heavy atom. The first-order valence-corrected chi connectivity index (χ1v) is 7.49. The third-order valence-electron chi connectivity index (χ3n) is 4.22. The fraction of sp³-hybridized carbons (Fsp3) is 1.00. The summed E-state index contributed by atoms with van der Waals surface area (Å²) in [7, 11) is 0. The van der Waals surface area contributed by atoms with Crippen LogP contribution in [0.15, 0.2) is 0 Å². The number of aliphatic hydroxyl groups is 2. The Balaban J connectivity index is 0.000000220. The van der Waals surface area contributed by atoms with E-state index in [2.05, 4.69) is 0 Å². The maximum atomic E-state index is 12.0. The molecule has 132 valence electrons. The minimum absolute atomic E-state index is 0.108. The van der Waals surface area contributed by atoms with Crippen molar-refractivity contribution >= 4 is 0 Å². The lowest BCUT2D eigenvalue weighted by Gasteiger charge is -2.27.